The maximum Gasteiger partial charge on any atom is 2.00 e. The standard InChI is InChI=1S/C37H31N7.Pt/c1-37(2,3)23-18-19-38-34(20-23)44-32-13-9-6-10-25(32)27-15-14-24(21-33(27)44)43-31-12-8-7-11-26(31)28-16-17-29(39-36(28)43)30-22-35(41-40-30)42(4)5;/h6-20,22H,1-5H3;/q-2;+2. The molecule has 0 aliphatic rings. The first kappa shape index (κ1) is 29.0. The summed E-state index contributed by atoms with van der Waals surface area (Å²) < 4.78 is 4.44. The Bertz CT molecular complexity index is 2370. The molecule has 8 heteroatoms. The summed E-state index contributed by atoms with van der Waals surface area (Å²) in [6, 6.07) is 35.5. The van der Waals surface area contributed by atoms with Gasteiger partial charge in [0.25, 0.3) is 0 Å². The molecule has 0 saturated carbocycles. The molecule has 7 nitrogen and oxygen atoms in total. The molecule has 0 aliphatic carbocycles. The second-order valence-corrected chi connectivity index (χ2v) is 12.5. The number of aromatic nitrogens is 6. The monoisotopic (exact) mass is 768 g/mol. The zero-order valence-electron chi connectivity index (χ0n) is 25.7. The Morgan fingerprint density at radius 2 is 1.44 bits per heavy atom. The molecule has 0 unspecified atom stereocenters. The number of pyridine rings is 2. The van der Waals surface area contributed by atoms with Gasteiger partial charge in [0, 0.05) is 36.6 Å². The fourth-order valence-corrected chi connectivity index (χ4v) is 6.11. The SMILES string of the molecule is CN(C)c1cc(-c2ccc3c4ccccc4n(-c4[c-]c5c(cc4)c4ccccc4n5-c4cc(C(C)(C)C)ccn4)c3n2)[n-]n1.[Pt+2]. The van der Waals surface area contributed by atoms with Crippen LogP contribution in [0.4, 0.5) is 5.82 Å². The van der Waals surface area contributed by atoms with Gasteiger partial charge in [0.2, 0.25) is 0 Å². The molecule has 0 aliphatic heterocycles. The fourth-order valence-electron chi connectivity index (χ4n) is 6.11. The quantitative estimate of drug-likeness (QED) is 0.171. The average Bonchev–Trinajstić information content (AvgIpc) is 3.73. The van der Waals surface area contributed by atoms with Crippen LogP contribution in [0.2, 0.25) is 0 Å². The first-order valence-corrected chi connectivity index (χ1v) is 14.8. The molecule has 8 rings (SSSR count). The van der Waals surface area contributed by atoms with Gasteiger partial charge in [0.15, 0.2) is 0 Å². The summed E-state index contributed by atoms with van der Waals surface area (Å²) >= 11 is 0. The molecule has 0 bridgehead atoms. The molecule has 5 heterocycles. The maximum absolute atomic E-state index is 5.18. The van der Waals surface area contributed by atoms with E-state index in [1.807, 2.05) is 37.3 Å². The van der Waals surface area contributed by atoms with Crippen molar-refractivity contribution in [2.24, 2.45) is 0 Å². The minimum atomic E-state index is -0.00291. The number of hydrogen-bond acceptors (Lipinski definition) is 4. The summed E-state index contributed by atoms with van der Waals surface area (Å²) in [4.78, 5) is 12.0. The van der Waals surface area contributed by atoms with E-state index in [4.69, 9.17) is 9.97 Å². The molecule has 224 valence electrons. The third kappa shape index (κ3) is 4.65. The molecule has 0 radical (unpaired) electrons. The smallest absolute Gasteiger partial charge is 0.572 e. The Kier molecular flexibility index (Phi) is 6.90. The van der Waals surface area contributed by atoms with Crippen molar-refractivity contribution in [2.45, 2.75) is 26.2 Å². The van der Waals surface area contributed by atoms with Crippen LogP contribution in [0.5, 0.6) is 0 Å². The predicted octanol–water partition coefficient (Wildman–Crippen LogP) is 7.85. The number of hydrogen-bond donors (Lipinski definition) is 0. The van der Waals surface area contributed by atoms with Crippen molar-refractivity contribution in [3.63, 3.8) is 0 Å². The fraction of sp³-hybridized carbons (Fsp3) is 0.162. The molecule has 0 atom stereocenters. The molecule has 0 saturated heterocycles. The van der Waals surface area contributed by atoms with E-state index >= 15 is 0 Å². The van der Waals surface area contributed by atoms with Crippen molar-refractivity contribution >= 4 is 49.6 Å². The van der Waals surface area contributed by atoms with Crippen LogP contribution in [0.15, 0.2) is 97.2 Å². The van der Waals surface area contributed by atoms with Crippen molar-refractivity contribution in [2.75, 3.05) is 19.0 Å². The molecule has 45 heavy (non-hydrogen) atoms. The van der Waals surface area contributed by atoms with Gasteiger partial charge in [-0.1, -0.05) is 74.1 Å². The molecular weight excluding hydrogens is 738 g/mol. The van der Waals surface area contributed by atoms with E-state index in [0.29, 0.717) is 0 Å². The average molecular weight is 769 g/mol. The number of nitrogens with zero attached hydrogens (tertiary/aromatic N) is 7. The molecule has 0 amide bonds. The maximum atomic E-state index is 5.18. The molecule has 0 fully saturated rings. The number of benzene rings is 3. The van der Waals surface area contributed by atoms with Gasteiger partial charge in [-0.15, -0.1) is 17.5 Å². The summed E-state index contributed by atoms with van der Waals surface area (Å²) in [5, 5.41) is 13.3. The van der Waals surface area contributed by atoms with Crippen LogP contribution in [-0.4, -0.2) is 38.3 Å². The largest absolute Gasteiger partial charge is 2.00 e. The summed E-state index contributed by atoms with van der Waals surface area (Å²) in [5.74, 6) is 1.68. The molecule has 3 aromatic carbocycles. The second kappa shape index (κ2) is 10.7. The Balaban J connectivity index is 0.00000325. The van der Waals surface area contributed by atoms with E-state index in [-0.39, 0.29) is 26.5 Å². The van der Waals surface area contributed by atoms with Gasteiger partial charge >= 0.3 is 21.1 Å². The van der Waals surface area contributed by atoms with Crippen LogP contribution in [-0.2, 0) is 26.5 Å². The van der Waals surface area contributed by atoms with Crippen LogP contribution in [0, 0.1) is 6.07 Å². The first-order valence-electron chi connectivity index (χ1n) is 14.8. The molecule has 5 aromatic heterocycles. The number of fused-ring (bicyclic) bond motifs is 6. The van der Waals surface area contributed by atoms with Gasteiger partial charge in [-0.05, 0) is 58.8 Å². The van der Waals surface area contributed by atoms with E-state index in [1.54, 1.807) is 0 Å². The van der Waals surface area contributed by atoms with Crippen LogP contribution in [0.3, 0.4) is 0 Å². The minimum absolute atomic E-state index is 0. The number of para-hydroxylation sites is 2. The topological polar surface area (TPSA) is 65.9 Å². The van der Waals surface area contributed by atoms with Gasteiger partial charge in [0.05, 0.1) is 11.2 Å². The van der Waals surface area contributed by atoms with Crippen molar-refractivity contribution in [1.29, 1.82) is 0 Å². The van der Waals surface area contributed by atoms with Gasteiger partial charge in [-0.25, -0.2) is 9.97 Å². The van der Waals surface area contributed by atoms with Crippen LogP contribution in [0.25, 0.3) is 66.6 Å². The number of anilines is 1. The molecule has 0 N–H and O–H groups in total. The first-order chi connectivity index (χ1) is 21.3. The molecule has 0 spiro atoms. The van der Waals surface area contributed by atoms with Gasteiger partial charge < -0.3 is 24.2 Å². The molecular formula is C37H31N7Pt. The van der Waals surface area contributed by atoms with Gasteiger partial charge in [-0.3, -0.25) is 0 Å². The summed E-state index contributed by atoms with van der Waals surface area (Å²) in [6.07, 6.45) is 1.91. The Labute approximate surface area is 275 Å². The minimum Gasteiger partial charge on any atom is -0.572 e. The van der Waals surface area contributed by atoms with Gasteiger partial charge in [0.1, 0.15) is 17.3 Å². The predicted molar refractivity (Wildman–Crippen MR) is 179 cm³/mol. The van der Waals surface area contributed by atoms with Crippen molar-refractivity contribution in [3.8, 4) is 22.9 Å². The number of rotatable bonds is 4. The van der Waals surface area contributed by atoms with E-state index < -0.39 is 0 Å². The van der Waals surface area contributed by atoms with E-state index in [1.165, 1.54) is 10.9 Å². The van der Waals surface area contributed by atoms with E-state index in [9.17, 15) is 0 Å². The summed E-state index contributed by atoms with van der Waals surface area (Å²) in [5.41, 5.74) is 7.66. The van der Waals surface area contributed by atoms with Crippen LogP contribution >= 0.6 is 0 Å². The second-order valence-electron chi connectivity index (χ2n) is 12.5. The van der Waals surface area contributed by atoms with E-state index in [0.717, 1.165) is 67.1 Å². The van der Waals surface area contributed by atoms with E-state index in [2.05, 4.69) is 125 Å². The Morgan fingerprint density at radius 3 is 2.16 bits per heavy atom. The van der Waals surface area contributed by atoms with Gasteiger partial charge in [-0.2, -0.15) is 6.07 Å². The normalized spacial score (nSPS) is 11.9. The third-order valence-corrected chi connectivity index (χ3v) is 8.42. The van der Waals surface area contributed by atoms with Crippen LogP contribution in [0.1, 0.15) is 26.3 Å². The van der Waals surface area contributed by atoms with Crippen molar-refractivity contribution in [3.05, 3.63) is 109 Å². The zero-order valence-corrected chi connectivity index (χ0v) is 28.0. The van der Waals surface area contributed by atoms with Crippen LogP contribution < -0.4 is 10.00 Å². The molecule has 8 aromatic rings. The third-order valence-electron chi connectivity index (χ3n) is 8.42. The zero-order chi connectivity index (χ0) is 30.2. The Morgan fingerprint density at radius 1 is 0.756 bits per heavy atom. The Hall–Kier alpha value is -4.74. The van der Waals surface area contributed by atoms with Crippen molar-refractivity contribution < 1.29 is 21.1 Å². The summed E-state index contributed by atoms with van der Waals surface area (Å²) in [6.45, 7) is 6.69. The summed E-state index contributed by atoms with van der Waals surface area (Å²) in [7, 11) is 3.92. The van der Waals surface area contributed by atoms with Crippen molar-refractivity contribution in [1.82, 2.24) is 29.3 Å².